The lowest BCUT2D eigenvalue weighted by molar-refractivity contribution is 0.203. The van der Waals surface area contributed by atoms with E-state index in [1.54, 1.807) is 0 Å². The van der Waals surface area contributed by atoms with Gasteiger partial charge in [-0.15, -0.1) is 0 Å². The standard InChI is InChI=1S/C31H41N3O/c1-7-23-14-11-15-24(8-2)29(23)30-32-22(5)27(31(33-30)35-20-21(3)4)19-34(6)28-18-12-16-25-13-9-10-17-26(25)28/h9-11,13-15,17,21,28H,7-8,12,16,18-20H2,1-6H3. The molecule has 0 spiro atoms. The number of nitrogens with zero attached hydrogens (tertiary/aromatic N) is 3. The van der Waals surface area contributed by atoms with Crippen molar-refractivity contribution >= 4 is 0 Å². The van der Waals surface area contributed by atoms with Crippen molar-refractivity contribution in [1.82, 2.24) is 14.9 Å². The quantitative estimate of drug-likeness (QED) is 0.333. The van der Waals surface area contributed by atoms with Gasteiger partial charge >= 0.3 is 0 Å². The molecule has 1 aromatic heterocycles. The summed E-state index contributed by atoms with van der Waals surface area (Å²) in [5, 5.41) is 0. The van der Waals surface area contributed by atoms with E-state index in [1.165, 1.54) is 47.1 Å². The average Bonchev–Trinajstić information content (AvgIpc) is 2.87. The Morgan fingerprint density at radius 3 is 2.40 bits per heavy atom. The van der Waals surface area contributed by atoms with E-state index >= 15 is 0 Å². The van der Waals surface area contributed by atoms with Crippen molar-refractivity contribution in [2.24, 2.45) is 5.92 Å². The number of rotatable bonds is 9. The van der Waals surface area contributed by atoms with Crippen LogP contribution in [0.1, 0.15) is 80.1 Å². The minimum atomic E-state index is 0.407. The Bertz CT molecular complexity index is 1130. The number of benzene rings is 2. The van der Waals surface area contributed by atoms with Crippen LogP contribution in [0.2, 0.25) is 0 Å². The number of ether oxygens (including phenoxy) is 1. The lowest BCUT2D eigenvalue weighted by atomic mass is 9.87. The lowest BCUT2D eigenvalue weighted by Gasteiger charge is -2.33. The summed E-state index contributed by atoms with van der Waals surface area (Å²) in [5.41, 5.74) is 8.83. The molecule has 4 heteroatoms. The van der Waals surface area contributed by atoms with Gasteiger partial charge in [0.1, 0.15) is 0 Å². The molecule has 1 aliphatic carbocycles. The number of aryl methyl sites for hydroxylation is 4. The molecule has 0 amide bonds. The van der Waals surface area contributed by atoms with Gasteiger partial charge in [-0.25, -0.2) is 4.98 Å². The summed E-state index contributed by atoms with van der Waals surface area (Å²) in [6.45, 7) is 12.3. The molecule has 0 aliphatic heterocycles. The van der Waals surface area contributed by atoms with Crippen LogP contribution in [0.25, 0.3) is 11.4 Å². The van der Waals surface area contributed by atoms with Gasteiger partial charge in [-0.2, -0.15) is 4.98 Å². The molecular weight excluding hydrogens is 430 g/mol. The van der Waals surface area contributed by atoms with Crippen LogP contribution >= 0.6 is 0 Å². The second-order valence-electron chi connectivity index (χ2n) is 10.3. The zero-order chi connectivity index (χ0) is 24.9. The Kier molecular flexibility index (Phi) is 8.22. The van der Waals surface area contributed by atoms with Gasteiger partial charge in [0, 0.05) is 29.4 Å². The lowest BCUT2D eigenvalue weighted by Crippen LogP contribution is -2.28. The third kappa shape index (κ3) is 5.59. The van der Waals surface area contributed by atoms with E-state index in [9.17, 15) is 0 Å². The zero-order valence-corrected chi connectivity index (χ0v) is 22.4. The highest BCUT2D eigenvalue weighted by atomic mass is 16.5. The van der Waals surface area contributed by atoms with E-state index in [4.69, 9.17) is 14.7 Å². The highest BCUT2D eigenvalue weighted by molar-refractivity contribution is 5.66. The molecule has 1 aliphatic rings. The summed E-state index contributed by atoms with van der Waals surface area (Å²) < 4.78 is 6.37. The molecule has 0 bridgehead atoms. The number of fused-ring (bicyclic) bond motifs is 1. The second-order valence-corrected chi connectivity index (χ2v) is 10.3. The molecule has 0 fully saturated rings. The van der Waals surface area contributed by atoms with Crippen molar-refractivity contribution in [3.8, 4) is 17.3 Å². The summed E-state index contributed by atoms with van der Waals surface area (Å²) in [4.78, 5) is 12.6. The smallest absolute Gasteiger partial charge is 0.221 e. The van der Waals surface area contributed by atoms with E-state index in [0.717, 1.165) is 42.3 Å². The van der Waals surface area contributed by atoms with Crippen molar-refractivity contribution < 1.29 is 4.74 Å². The van der Waals surface area contributed by atoms with Crippen LogP contribution < -0.4 is 4.74 Å². The van der Waals surface area contributed by atoms with Gasteiger partial charge in [0.15, 0.2) is 5.82 Å². The van der Waals surface area contributed by atoms with Crippen LogP contribution in [-0.2, 0) is 25.8 Å². The summed E-state index contributed by atoms with van der Waals surface area (Å²) in [7, 11) is 2.23. The van der Waals surface area contributed by atoms with Crippen molar-refractivity contribution in [1.29, 1.82) is 0 Å². The first-order valence-electron chi connectivity index (χ1n) is 13.3. The van der Waals surface area contributed by atoms with Crippen LogP contribution in [0.3, 0.4) is 0 Å². The van der Waals surface area contributed by atoms with Gasteiger partial charge in [-0.05, 0) is 74.2 Å². The number of aromatic nitrogens is 2. The van der Waals surface area contributed by atoms with Gasteiger partial charge in [-0.1, -0.05) is 70.2 Å². The predicted molar refractivity (Wildman–Crippen MR) is 145 cm³/mol. The Hall–Kier alpha value is -2.72. The van der Waals surface area contributed by atoms with Crippen molar-refractivity contribution in [3.05, 3.63) is 76.0 Å². The minimum absolute atomic E-state index is 0.407. The maximum absolute atomic E-state index is 6.37. The van der Waals surface area contributed by atoms with Gasteiger partial charge in [0.05, 0.1) is 6.61 Å². The molecule has 1 unspecified atom stereocenters. The zero-order valence-electron chi connectivity index (χ0n) is 22.4. The summed E-state index contributed by atoms with van der Waals surface area (Å²) >= 11 is 0. The topological polar surface area (TPSA) is 38.2 Å². The fraction of sp³-hybridized carbons (Fsp3) is 0.484. The SMILES string of the molecule is CCc1cccc(CC)c1-c1nc(C)c(CN(C)C2CCCc3ccccc32)c(OCC(C)C)n1. The van der Waals surface area contributed by atoms with Crippen molar-refractivity contribution in [2.75, 3.05) is 13.7 Å². The predicted octanol–water partition coefficient (Wildman–Crippen LogP) is 7.12. The minimum Gasteiger partial charge on any atom is -0.477 e. The first-order chi connectivity index (χ1) is 16.9. The fourth-order valence-corrected chi connectivity index (χ4v) is 5.30. The van der Waals surface area contributed by atoms with Crippen LogP contribution in [-0.4, -0.2) is 28.5 Å². The van der Waals surface area contributed by atoms with E-state index in [-0.39, 0.29) is 0 Å². The summed E-state index contributed by atoms with van der Waals surface area (Å²) in [6.07, 6.45) is 5.50. The molecule has 0 radical (unpaired) electrons. The molecule has 4 rings (SSSR count). The highest BCUT2D eigenvalue weighted by Gasteiger charge is 2.26. The van der Waals surface area contributed by atoms with Gasteiger partial charge < -0.3 is 4.74 Å². The molecule has 3 aromatic rings. The number of hydrogen-bond acceptors (Lipinski definition) is 4. The van der Waals surface area contributed by atoms with Gasteiger partial charge in [0.2, 0.25) is 5.88 Å². The molecule has 1 atom stereocenters. The summed E-state index contributed by atoms with van der Waals surface area (Å²) in [6, 6.07) is 15.9. The molecule has 0 saturated heterocycles. The van der Waals surface area contributed by atoms with E-state index < -0.39 is 0 Å². The molecule has 35 heavy (non-hydrogen) atoms. The normalized spacial score (nSPS) is 15.5. The molecule has 0 saturated carbocycles. The fourth-order valence-electron chi connectivity index (χ4n) is 5.30. The van der Waals surface area contributed by atoms with Gasteiger partial charge in [-0.3, -0.25) is 4.90 Å². The Balaban J connectivity index is 1.73. The first-order valence-corrected chi connectivity index (χ1v) is 13.3. The Labute approximate surface area is 211 Å². The molecule has 0 N–H and O–H groups in total. The van der Waals surface area contributed by atoms with Crippen LogP contribution in [0.5, 0.6) is 5.88 Å². The Morgan fingerprint density at radius 2 is 1.71 bits per heavy atom. The molecule has 2 aromatic carbocycles. The van der Waals surface area contributed by atoms with E-state index in [0.29, 0.717) is 18.6 Å². The van der Waals surface area contributed by atoms with Crippen LogP contribution in [0, 0.1) is 12.8 Å². The van der Waals surface area contributed by atoms with E-state index in [2.05, 4.69) is 89.0 Å². The van der Waals surface area contributed by atoms with Crippen molar-refractivity contribution in [2.45, 2.75) is 79.3 Å². The third-order valence-corrected chi connectivity index (χ3v) is 7.23. The molecule has 4 nitrogen and oxygen atoms in total. The monoisotopic (exact) mass is 471 g/mol. The largest absolute Gasteiger partial charge is 0.477 e. The second kappa shape index (κ2) is 11.3. The maximum Gasteiger partial charge on any atom is 0.221 e. The number of hydrogen-bond donors (Lipinski definition) is 0. The van der Waals surface area contributed by atoms with Crippen LogP contribution in [0.15, 0.2) is 42.5 Å². The van der Waals surface area contributed by atoms with Crippen LogP contribution in [0.4, 0.5) is 0 Å². The molecular formula is C31H41N3O. The molecule has 1 heterocycles. The first kappa shape index (κ1) is 25.4. The maximum atomic E-state index is 6.37. The Morgan fingerprint density at radius 1 is 1.00 bits per heavy atom. The van der Waals surface area contributed by atoms with Crippen molar-refractivity contribution in [3.63, 3.8) is 0 Å². The van der Waals surface area contributed by atoms with E-state index in [1.807, 2.05) is 0 Å². The average molecular weight is 472 g/mol. The highest BCUT2D eigenvalue weighted by Crippen LogP contribution is 2.36. The third-order valence-electron chi connectivity index (χ3n) is 7.23. The summed E-state index contributed by atoms with van der Waals surface area (Å²) in [5.74, 6) is 1.97. The van der Waals surface area contributed by atoms with Gasteiger partial charge in [0.25, 0.3) is 0 Å². The molecule has 186 valence electrons.